The van der Waals surface area contributed by atoms with Gasteiger partial charge in [-0.25, -0.2) is 0 Å². The first-order valence-corrected chi connectivity index (χ1v) is 6.75. The van der Waals surface area contributed by atoms with Crippen LogP contribution in [-0.4, -0.2) is 31.0 Å². The quantitative estimate of drug-likeness (QED) is 0.807. The third-order valence-corrected chi connectivity index (χ3v) is 2.93. The first kappa shape index (κ1) is 15.4. The van der Waals surface area contributed by atoms with Crippen molar-refractivity contribution in [1.29, 1.82) is 0 Å². The fourth-order valence-electron chi connectivity index (χ4n) is 1.64. The van der Waals surface area contributed by atoms with Crippen molar-refractivity contribution in [2.75, 3.05) is 19.8 Å². The Hall–Kier alpha value is -0.620. The van der Waals surface area contributed by atoms with Gasteiger partial charge in [-0.3, -0.25) is 0 Å². The van der Waals surface area contributed by atoms with E-state index in [0.29, 0.717) is 13.2 Å². The highest BCUT2D eigenvalue weighted by molar-refractivity contribution is 9.10. The summed E-state index contributed by atoms with van der Waals surface area (Å²) in [5.74, 6) is 0.747. The molecule has 1 unspecified atom stereocenters. The van der Waals surface area contributed by atoms with Crippen molar-refractivity contribution in [2.45, 2.75) is 26.5 Å². The standard InChI is InChI=1S/C13H20BrNO3/c1-3-17-7-12(16)8-18-13-9(2)4-11(14)5-10(13)6-15/h4-5,12,16H,3,6-8,15H2,1-2H3. The summed E-state index contributed by atoms with van der Waals surface area (Å²) in [6, 6.07) is 3.89. The number of hydrogen-bond acceptors (Lipinski definition) is 4. The maximum absolute atomic E-state index is 9.66. The van der Waals surface area contributed by atoms with Crippen LogP contribution in [0.25, 0.3) is 0 Å². The average molecular weight is 318 g/mol. The summed E-state index contributed by atoms with van der Waals surface area (Å²) in [5, 5.41) is 9.66. The summed E-state index contributed by atoms with van der Waals surface area (Å²) in [7, 11) is 0. The molecule has 102 valence electrons. The number of nitrogens with two attached hydrogens (primary N) is 1. The van der Waals surface area contributed by atoms with E-state index < -0.39 is 6.10 Å². The molecule has 0 amide bonds. The number of rotatable bonds is 7. The van der Waals surface area contributed by atoms with E-state index in [1.54, 1.807) is 0 Å². The Labute approximate surface area is 116 Å². The first-order valence-electron chi connectivity index (χ1n) is 5.96. The van der Waals surface area contributed by atoms with E-state index in [1.165, 1.54) is 0 Å². The van der Waals surface area contributed by atoms with Gasteiger partial charge < -0.3 is 20.3 Å². The Morgan fingerprint density at radius 1 is 1.39 bits per heavy atom. The molecule has 0 saturated heterocycles. The van der Waals surface area contributed by atoms with Gasteiger partial charge in [0.25, 0.3) is 0 Å². The Morgan fingerprint density at radius 3 is 2.72 bits per heavy atom. The number of ether oxygens (including phenoxy) is 2. The van der Waals surface area contributed by atoms with Crippen molar-refractivity contribution in [3.05, 3.63) is 27.7 Å². The molecule has 0 fully saturated rings. The first-order chi connectivity index (χ1) is 8.58. The molecule has 0 aliphatic heterocycles. The maximum Gasteiger partial charge on any atom is 0.126 e. The van der Waals surface area contributed by atoms with E-state index in [2.05, 4.69) is 15.9 Å². The molecule has 1 aromatic rings. The minimum atomic E-state index is -0.626. The van der Waals surface area contributed by atoms with Gasteiger partial charge in [-0.15, -0.1) is 0 Å². The van der Waals surface area contributed by atoms with Gasteiger partial charge in [0.05, 0.1) is 6.61 Å². The molecule has 18 heavy (non-hydrogen) atoms. The van der Waals surface area contributed by atoms with Crippen molar-refractivity contribution >= 4 is 15.9 Å². The molecule has 3 N–H and O–H groups in total. The van der Waals surface area contributed by atoms with Crippen LogP contribution in [0.4, 0.5) is 0 Å². The smallest absolute Gasteiger partial charge is 0.126 e. The zero-order valence-corrected chi connectivity index (χ0v) is 12.4. The van der Waals surface area contributed by atoms with Gasteiger partial charge in [0.1, 0.15) is 18.5 Å². The van der Waals surface area contributed by atoms with Crippen molar-refractivity contribution in [2.24, 2.45) is 5.73 Å². The topological polar surface area (TPSA) is 64.7 Å². The van der Waals surface area contributed by atoms with Crippen LogP contribution in [0, 0.1) is 6.92 Å². The predicted octanol–water partition coefficient (Wildman–Crippen LogP) is 1.99. The fourth-order valence-corrected chi connectivity index (χ4v) is 2.26. The monoisotopic (exact) mass is 317 g/mol. The summed E-state index contributed by atoms with van der Waals surface area (Å²) in [4.78, 5) is 0. The van der Waals surface area contributed by atoms with Crippen molar-refractivity contribution in [3.63, 3.8) is 0 Å². The molecule has 0 bridgehead atoms. The predicted molar refractivity (Wildman–Crippen MR) is 74.8 cm³/mol. The molecule has 1 rings (SSSR count). The van der Waals surface area contributed by atoms with Crippen LogP contribution in [0.15, 0.2) is 16.6 Å². The van der Waals surface area contributed by atoms with Crippen LogP contribution >= 0.6 is 15.9 Å². The number of halogens is 1. The lowest BCUT2D eigenvalue weighted by molar-refractivity contribution is 0.0161. The molecule has 0 saturated carbocycles. The van der Waals surface area contributed by atoms with Crippen LogP contribution in [0.1, 0.15) is 18.1 Å². The number of aryl methyl sites for hydroxylation is 1. The highest BCUT2D eigenvalue weighted by Gasteiger charge is 2.11. The molecule has 0 aliphatic rings. The molecule has 0 aromatic heterocycles. The minimum absolute atomic E-state index is 0.204. The van der Waals surface area contributed by atoms with E-state index in [-0.39, 0.29) is 13.2 Å². The molecular weight excluding hydrogens is 298 g/mol. The van der Waals surface area contributed by atoms with Crippen molar-refractivity contribution in [3.8, 4) is 5.75 Å². The van der Waals surface area contributed by atoms with E-state index in [4.69, 9.17) is 15.2 Å². The third kappa shape index (κ3) is 4.57. The Bertz CT molecular complexity index is 385. The molecule has 1 aromatic carbocycles. The minimum Gasteiger partial charge on any atom is -0.490 e. The lowest BCUT2D eigenvalue weighted by Crippen LogP contribution is -2.24. The van der Waals surface area contributed by atoms with Gasteiger partial charge in [0.2, 0.25) is 0 Å². The second-order valence-corrected chi connectivity index (χ2v) is 4.96. The Kier molecular flexibility index (Phi) is 6.63. The molecule has 4 nitrogen and oxygen atoms in total. The van der Waals surface area contributed by atoms with Crippen LogP contribution in [0.2, 0.25) is 0 Å². The SMILES string of the molecule is CCOCC(O)COc1c(C)cc(Br)cc1CN. The number of benzene rings is 1. The van der Waals surface area contributed by atoms with Gasteiger partial charge in [-0.1, -0.05) is 15.9 Å². The summed E-state index contributed by atoms with van der Waals surface area (Å²) in [6.07, 6.45) is -0.626. The Balaban J connectivity index is 2.66. The van der Waals surface area contributed by atoms with Crippen LogP contribution in [0.3, 0.4) is 0 Å². The van der Waals surface area contributed by atoms with Crippen LogP contribution in [0.5, 0.6) is 5.75 Å². The molecule has 1 atom stereocenters. The maximum atomic E-state index is 9.66. The second-order valence-electron chi connectivity index (χ2n) is 4.04. The lowest BCUT2D eigenvalue weighted by Gasteiger charge is -2.16. The van der Waals surface area contributed by atoms with Gasteiger partial charge in [0.15, 0.2) is 0 Å². The zero-order valence-electron chi connectivity index (χ0n) is 10.8. The fraction of sp³-hybridized carbons (Fsp3) is 0.538. The highest BCUT2D eigenvalue weighted by Crippen LogP contribution is 2.27. The highest BCUT2D eigenvalue weighted by atomic mass is 79.9. The zero-order chi connectivity index (χ0) is 13.5. The number of hydrogen-bond donors (Lipinski definition) is 2. The summed E-state index contributed by atoms with van der Waals surface area (Å²) in [5.41, 5.74) is 7.60. The van der Waals surface area contributed by atoms with Gasteiger partial charge in [-0.05, 0) is 31.5 Å². The van der Waals surface area contributed by atoms with Gasteiger partial charge in [0, 0.05) is 23.2 Å². The number of aliphatic hydroxyl groups is 1. The normalized spacial score (nSPS) is 12.5. The molecule has 0 radical (unpaired) electrons. The average Bonchev–Trinajstić information content (AvgIpc) is 2.34. The third-order valence-electron chi connectivity index (χ3n) is 2.47. The summed E-state index contributed by atoms with van der Waals surface area (Å²) >= 11 is 3.42. The van der Waals surface area contributed by atoms with Crippen molar-refractivity contribution in [1.82, 2.24) is 0 Å². The van der Waals surface area contributed by atoms with E-state index >= 15 is 0 Å². The molecule has 0 spiro atoms. The molecule has 5 heteroatoms. The van der Waals surface area contributed by atoms with Gasteiger partial charge >= 0.3 is 0 Å². The van der Waals surface area contributed by atoms with E-state index in [0.717, 1.165) is 21.3 Å². The summed E-state index contributed by atoms with van der Waals surface area (Å²) < 4.78 is 11.7. The second kappa shape index (κ2) is 7.74. The number of aliphatic hydroxyl groups excluding tert-OH is 1. The largest absolute Gasteiger partial charge is 0.490 e. The Morgan fingerprint density at radius 2 is 2.11 bits per heavy atom. The van der Waals surface area contributed by atoms with Crippen molar-refractivity contribution < 1.29 is 14.6 Å². The van der Waals surface area contributed by atoms with Crippen LogP contribution < -0.4 is 10.5 Å². The van der Waals surface area contributed by atoms with Gasteiger partial charge in [-0.2, -0.15) is 0 Å². The van der Waals surface area contributed by atoms with E-state index in [9.17, 15) is 5.11 Å². The van der Waals surface area contributed by atoms with Crippen LogP contribution in [-0.2, 0) is 11.3 Å². The lowest BCUT2D eigenvalue weighted by atomic mass is 10.1. The molecule has 0 heterocycles. The van der Waals surface area contributed by atoms with E-state index in [1.807, 2.05) is 26.0 Å². The molecule has 0 aliphatic carbocycles. The molecular formula is C13H20BrNO3. The summed E-state index contributed by atoms with van der Waals surface area (Å²) in [6.45, 7) is 5.31.